The molecule has 9 nitrogen and oxygen atoms in total. The topological polar surface area (TPSA) is 86.5 Å². The first-order valence-corrected chi connectivity index (χ1v) is 9.71. The lowest BCUT2D eigenvalue weighted by atomic mass is 10.1. The Bertz CT molecular complexity index is 880. The van der Waals surface area contributed by atoms with Crippen LogP contribution in [-0.4, -0.2) is 76.2 Å². The summed E-state index contributed by atoms with van der Waals surface area (Å²) in [6.07, 6.45) is 7.90. The van der Waals surface area contributed by atoms with E-state index < -0.39 is 12.0 Å². The van der Waals surface area contributed by atoms with Crippen molar-refractivity contribution in [2.45, 2.75) is 37.5 Å². The van der Waals surface area contributed by atoms with Gasteiger partial charge in [-0.3, -0.25) is 19.8 Å². The summed E-state index contributed by atoms with van der Waals surface area (Å²) in [5.41, 5.74) is 1.20. The third-order valence-electron chi connectivity index (χ3n) is 5.43. The van der Waals surface area contributed by atoms with Gasteiger partial charge in [-0.05, 0) is 12.2 Å². The van der Waals surface area contributed by atoms with E-state index in [2.05, 4.69) is 20.2 Å². The third-order valence-corrected chi connectivity index (χ3v) is 5.43. The minimum atomic E-state index is -2.71. The molecule has 4 heterocycles. The molecule has 0 aliphatic carbocycles. The van der Waals surface area contributed by atoms with E-state index in [1.54, 1.807) is 48.8 Å². The van der Waals surface area contributed by atoms with Crippen molar-refractivity contribution >= 4 is 11.6 Å². The third kappa shape index (κ3) is 3.94. The Kier molecular flexibility index (Phi) is 5.56. The summed E-state index contributed by atoms with van der Waals surface area (Å²) in [6.45, 7) is 0.0603. The lowest BCUT2D eigenvalue weighted by Gasteiger charge is -2.36. The first-order valence-electron chi connectivity index (χ1n) is 9.71. The molecule has 1 fully saturated rings. The second-order valence-electron chi connectivity index (χ2n) is 7.36. The number of azo groups is 1. The first-order chi connectivity index (χ1) is 14.4. The van der Waals surface area contributed by atoms with Crippen LogP contribution in [0.25, 0.3) is 5.70 Å². The molecule has 30 heavy (non-hydrogen) atoms. The molecule has 0 saturated carbocycles. The van der Waals surface area contributed by atoms with Crippen molar-refractivity contribution in [1.29, 1.82) is 0 Å². The van der Waals surface area contributed by atoms with Gasteiger partial charge in [0.05, 0.1) is 11.9 Å². The second-order valence-corrected chi connectivity index (χ2v) is 7.36. The maximum Gasteiger partial charge on any atom is 0.251 e. The number of alkyl halides is 2. The number of ether oxygens (including phenoxy) is 1. The van der Waals surface area contributed by atoms with Crippen LogP contribution in [0.4, 0.5) is 8.78 Å². The second kappa shape index (κ2) is 8.15. The van der Waals surface area contributed by atoms with Crippen LogP contribution in [0.1, 0.15) is 25.0 Å². The molecule has 0 spiro atoms. The number of nitrogens with zero attached hydrogens (tertiary/aromatic N) is 7. The fourth-order valence-electron chi connectivity index (χ4n) is 3.69. The van der Waals surface area contributed by atoms with Gasteiger partial charge < -0.3 is 9.64 Å². The zero-order chi connectivity index (χ0) is 21.3. The Labute approximate surface area is 172 Å². The molecular formula is C19H23F2N7O2. The molecule has 1 aromatic rings. The van der Waals surface area contributed by atoms with E-state index in [0.29, 0.717) is 23.6 Å². The zero-order valence-electron chi connectivity index (χ0n) is 16.8. The van der Waals surface area contributed by atoms with Crippen molar-refractivity contribution in [3.05, 3.63) is 42.3 Å². The molecule has 1 amide bonds. The Hall–Kier alpha value is -2.79. The average molecular weight is 419 g/mol. The van der Waals surface area contributed by atoms with Crippen molar-refractivity contribution in [1.82, 2.24) is 24.9 Å². The minimum absolute atomic E-state index is 0.0302. The number of hydrogen-bond acceptors (Lipinski definition) is 8. The monoisotopic (exact) mass is 419 g/mol. The zero-order valence-corrected chi connectivity index (χ0v) is 16.8. The van der Waals surface area contributed by atoms with Gasteiger partial charge >= 0.3 is 0 Å². The van der Waals surface area contributed by atoms with Crippen LogP contribution in [0, 0.1) is 0 Å². The molecule has 3 aliphatic heterocycles. The van der Waals surface area contributed by atoms with Crippen molar-refractivity contribution < 1.29 is 18.3 Å². The molecule has 1 aromatic heterocycles. The summed E-state index contributed by atoms with van der Waals surface area (Å²) >= 11 is 0. The smallest absolute Gasteiger partial charge is 0.251 e. The molecule has 0 bridgehead atoms. The highest BCUT2D eigenvalue weighted by Gasteiger charge is 2.42. The molecule has 0 radical (unpaired) electrons. The van der Waals surface area contributed by atoms with Gasteiger partial charge in [0.15, 0.2) is 12.0 Å². The molecule has 4 rings (SSSR count). The van der Waals surface area contributed by atoms with Gasteiger partial charge in [-0.2, -0.15) is 5.11 Å². The summed E-state index contributed by atoms with van der Waals surface area (Å²) < 4.78 is 32.2. The Balaban J connectivity index is 1.61. The fourth-order valence-corrected chi connectivity index (χ4v) is 3.69. The van der Waals surface area contributed by atoms with Gasteiger partial charge in [0.1, 0.15) is 11.7 Å². The number of hydrazine groups is 1. The van der Waals surface area contributed by atoms with Gasteiger partial charge in [0.25, 0.3) is 5.92 Å². The van der Waals surface area contributed by atoms with Crippen molar-refractivity contribution in [3.63, 3.8) is 0 Å². The first kappa shape index (κ1) is 20.5. The summed E-state index contributed by atoms with van der Waals surface area (Å²) in [7, 11) is 3.31. The summed E-state index contributed by atoms with van der Waals surface area (Å²) in [5, 5.41) is 11.9. The van der Waals surface area contributed by atoms with Crippen LogP contribution in [-0.2, 0) is 9.53 Å². The number of carbonyl (C=O) groups is 1. The number of halogens is 2. The van der Waals surface area contributed by atoms with Crippen LogP contribution in [0.2, 0.25) is 0 Å². The summed E-state index contributed by atoms with van der Waals surface area (Å²) in [6, 6.07) is -0.676. The molecule has 160 valence electrons. The Morgan fingerprint density at radius 3 is 2.63 bits per heavy atom. The molecule has 0 N–H and O–H groups in total. The van der Waals surface area contributed by atoms with E-state index in [1.807, 2.05) is 6.08 Å². The van der Waals surface area contributed by atoms with Crippen LogP contribution in [0.3, 0.4) is 0 Å². The van der Waals surface area contributed by atoms with Crippen LogP contribution >= 0.6 is 0 Å². The number of aromatic nitrogens is 2. The Morgan fingerprint density at radius 2 is 2.03 bits per heavy atom. The standard InChI is InChI=1S/C19H23F2N7O2/c1-26-15(18(29)27-9-5-19(20,21)6-10-27)11-14(13-12-22-7-8-23-13)28(26)16-3-4-17(30-2)25-24-16/h3,7-8,11-12,15,17H,4-6,9-10H2,1-2H3. The highest BCUT2D eigenvalue weighted by molar-refractivity contribution is 5.87. The van der Waals surface area contributed by atoms with Crippen molar-refractivity contribution in [2.75, 3.05) is 27.2 Å². The number of piperidine rings is 1. The number of likely N-dealkylation sites (tertiary alicyclic amines) is 1. The van der Waals surface area contributed by atoms with Crippen LogP contribution in [0.15, 0.2) is 46.8 Å². The predicted molar refractivity (Wildman–Crippen MR) is 103 cm³/mol. The SMILES string of the molecule is COC1CC=C(N2C(c3cnccn3)=CC(C(=O)N3CCC(F)(F)CC3)N2C)N=N1. The van der Waals surface area contributed by atoms with E-state index in [4.69, 9.17) is 4.74 Å². The van der Waals surface area contributed by atoms with Gasteiger partial charge in [-0.25, -0.2) is 13.8 Å². The highest BCUT2D eigenvalue weighted by Crippen LogP contribution is 2.35. The predicted octanol–water partition coefficient (Wildman–Crippen LogP) is 2.28. The average Bonchev–Trinajstić information content (AvgIpc) is 3.11. The molecule has 2 atom stereocenters. The number of amides is 1. The van der Waals surface area contributed by atoms with Crippen LogP contribution in [0.5, 0.6) is 0 Å². The number of carbonyl (C=O) groups excluding carboxylic acids is 1. The number of likely N-dealkylation sites (N-methyl/N-ethyl adjacent to an activating group) is 1. The molecule has 2 unspecified atom stereocenters. The lowest BCUT2D eigenvalue weighted by molar-refractivity contribution is -0.143. The van der Waals surface area contributed by atoms with E-state index in [1.165, 1.54) is 4.90 Å². The number of hydrogen-bond donors (Lipinski definition) is 0. The largest absolute Gasteiger partial charge is 0.358 e. The summed E-state index contributed by atoms with van der Waals surface area (Å²) in [4.78, 5) is 23.1. The summed E-state index contributed by atoms with van der Waals surface area (Å²) in [5.74, 6) is -2.42. The number of rotatable bonds is 4. The fraction of sp³-hybridized carbons (Fsp3) is 0.526. The van der Waals surface area contributed by atoms with Gasteiger partial charge in [-0.15, -0.1) is 5.11 Å². The minimum Gasteiger partial charge on any atom is -0.358 e. The quantitative estimate of drug-likeness (QED) is 0.744. The van der Waals surface area contributed by atoms with Crippen molar-refractivity contribution in [2.24, 2.45) is 10.2 Å². The van der Waals surface area contributed by atoms with Gasteiger partial charge in [-0.1, -0.05) is 0 Å². The highest BCUT2D eigenvalue weighted by atomic mass is 19.3. The van der Waals surface area contributed by atoms with E-state index in [0.717, 1.165) is 0 Å². The van der Waals surface area contributed by atoms with E-state index in [9.17, 15) is 13.6 Å². The lowest BCUT2D eigenvalue weighted by Crippen LogP contribution is -2.51. The normalized spacial score (nSPS) is 26.5. The van der Waals surface area contributed by atoms with E-state index in [-0.39, 0.29) is 38.1 Å². The van der Waals surface area contributed by atoms with Gasteiger partial charge in [0.2, 0.25) is 5.91 Å². The van der Waals surface area contributed by atoms with Gasteiger partial charge in [0, 0.05) is 58.9 Å². The molecule has 0 aromatic carbocycles. The maximum atomic E-state index is 13.5. The Morgan fingerprint density at radius 1 is 1.27 bits per heavy atom. The molecule has 3 aliphatic rings. The van der Waals surface area contributed by atoms with Crippen molar-refractivity contribution in [3.8, 4) is 0 Å². The van der Waals surface area contributed by atoms with E-state index >= 15 is 0 Å². The maximum absolute atomic E-state index is 13.5. The van der Waals surface area contributed by atoms with Crippen LogP contribution < -0.4 is 0 Å². The number of methoxy groups -OCH3 is 1. The molecule has 11 heteroatoms. The molecule has 1 saturated heterocycles. The molecular weight excluding hydrogens is 396 g/mol.